The Hall–Kier alpha value is -1.60. The fourth-order valence-electron chi connectivity index (χ4n) is 3.41. The average molecular weight is 263 g/mol. The molecular weight excluding hydrogens is 242 g/mol. The molecule has 1 heteroatoms. The third-order valence-corrected chi connectivity index (χ3v) is 4.89. The van der Waals surface area contributed by atoms with Crippen LogP contribution < -0.4 is 5.32 Å². The van der Waals surface area contributed by atoms with Gasteiger partial charge in [-0.3, -0.25) is 0 Å². The van der Waals surface area contributed by atoms with Gasteiger partial charge in [0.05, 0.1) is 0 Å². The number of benzene rings is 2. The third kappa shape index (κ3) is 1.97. The van der Waals surface area contributed by atoms with E-state index in [1.807, 2.05) is 0 Å². The summed E-state index contributed by atoms with van der Waals surface area (Å²) in [5.74, 6) is 0.858. The van der Waals surface area contributed by atoms with Gasteiger partial charge in [-0.25, -0.2) is 0 Å². The highest BCUT2D eigenvalue weighted by Gasteiger charge is 2.33. The van der Waals surface area contributed by atoms with Gasteiger partial charge in [0.25, 0.3) is 0 Å². The van der Waals surface area contributed by atoms with E-state index >= 15 is 0 Å². The first-order valence-corrected chi connectivity index (χ1v) is 7.69. The molecule has 2 aromatic carbocycles. The molecule has 0 radical (unpaired) electrons. The van der Waals surface area contributed by atoms with Gasteiger partial charge in [0, 0.05) is 12.1 Å². The summed E-state index contributed by atoms with van der Waals surface area (Å²) in [6.45, 7) is 4.61. The standard InChI is InChI=1S/C19H21N/c1-12-9-19(12)20-13(2)14-7-8-18-16(10-14)11-15-5-3-4-6-17(15)18/h3-8,10,12-13,19-20H,9,11H2,1-2H3. The van der Waals surface area contributed by atoms with Crippen LogP contribution in [-0.4, -0.2) is 6.04 Å². The normalized spacial score (nSPS) is 24.1. The maximum absolute atomic E-state index is 3.73. The van der Waals surface area contributed by atoms with Gasteiger partial charge in [0.2, 0.25) is 0 Å². The predicted octanol–water partition coefficient (Wildman–Crippen LogP) is 4.32. The smallest absolute Gasteiger partial charge is 0.0294 e. The van der Waals surface area contributed by atoms with Crippen molar-refractivity contribution in [2.75, 3.05) is 0 Å². The molecule has 0 aromatic heterocycles. The first kappa shape index (κ1) is 12.2. The van der Waals surface area contributed by atoms with Crippen LogP contribution in [0.4, 0.5) is 0 Å². The summed E-state index contributed by atoms with van der Waals surface area (Å²) in [7, 11) is 0. The highest BCUT2D eigenvalue weighted by molar-refractivity contribution is 5.76. The summed E-state index contributed by atoms with van der Waals surface area (Å²) in [6.07, 6.45) is 2.42. The van der Waals surface area contributed by atoms with Crippen LogP contribution in [0.1, 0.15) is 43.0 Å². The molecule has 0 heterocycles. The summed E-state index contributed by atoms with van der Waals surface area (Å²) < 4.78 is 0. The fraction of sp³-hybridized carbons (Fsp3) is 0.368. The Labute approximate surface area is 121 Å². The van der Waals surface area contributed by atoms with Crippen molar-refractivity contribution in [2.45, 2.75) is 38.8 Å². The minimum atomic E-state index is 0.457. The minimum absolute atomic E-state index is 0.457. The van der Waals surface area contributed by atoms with E-state index in [2.05, 4.69) is 61.6 Å². The van der Waals surface area contributed by atoms with Crippen molar-refractivity contribution in [3.63, 3.8) is 0 Å². The number of hydrogen-bond acceptors (Lipinski definition) is 1. The summed E-state index contributed by atoms with van der Waals surface area (Å²) in [5.41, 5.74) is 7.23. The van der Waals surface area contributed by atoms with E-state index in [0.29, 0.717) is 6.04 Å². The molecule has 3 unspecified atom stereocenters. The second kappa shape index (κ2) is 4.46. The van der Waals surface area contributed by atoms with E-state index in [1.165, 1.54) is 34.2 Å². The van der Waals surface area contributed by atoms with Crippen LogP contribution in [0.15, 0.2) is 42.5 Å². The molecule has 0 aliphatic heterocycles. The molecule has 0 spiro atoms. The zero-order valence-electron chi connectivity index (χ0n) is 12.2. The Morgan fingerprint density at radius 3 is 2.60 bits per heavy atom. The van der Waals surface area contributed by atoms with Gasteiger partial charge >= 0.3 is 0 Å². The summed E-state index contributed by atoms with van der Waals surface area (Å²) in [4.78, 5) is 0. The lowest BCUT2D eigenvalue weighted by Gasteiger charge is -2.15. The van der Waals surface area contributed by atoms with E-state index in [-0.39, 0.29) is 0 Å². The highest BCUT2D eigenvalue weighted by Crippen LogP contribution is 2.38. The molecule has 0 amide bonds. The summed E-state index contributed by atoms with van der Waals surface area (Å²) in [6, 6.07) is 17.0. The summed E-state index contributed by atoms with van der Waals surface area (Å²) >= 11 is 0. The van der Waals surface area contributed by atoms with Crippen molar-refractivity contribution in [3.05, 3.63) is 59.2 Å². The lowest BCUT2D eigenvalue weighted by atomic mass is 10.0. The number of fused-ring (bicyclic) bond motifs is 3. The van der Waals surface area contributed by atoms with Gasteiger partial charge in [0.1, 0.15) is 0 Å². The lowest BCUT2D eigenvalue weighted by Crippen LogP contribution is -2.22. The topological polar surface area (TPSA) is 12.0 Å². The number of rotatable bonds is 3. The molecular formula is C19H21N. The van der Waals surface area contributed by atoms with Crippen molar-refractivity contribution in [2.24, 2.45) is 5.92 Å². The molecule has 3 atom stereocenters. The van der Waals surface area contributed by atoms with Gasteiger partial charge < -0.3 is 5.32 Å². The SMILES string of the molecule is CC(NC1CC1C)c1ccc2c(c1)Cc1ccccc1-2. The van der Waals surface area contributed by atoms with E-state index in [0.717, 1.165) is 18.4 Å². The van der Waals surface area contributed by atoms with Crippen molar-refractivity contribution >= 4 is 0 Å². The molecule has 20 heavy (non-hydrogen) atoms. The molecule has 1 N–H and O–H groups in total. The largest absolute Gasteiger partial charge is 0.307 e. The van der Waals surface area contributed by atoms with Gasteiger partial charge in [-0.2, -0.15) is 0 Å². The zero-order chi connectivity index (χ0) is 13.7. The van der Waals surface area contributed by atoms with Crippen molar-refractivity contribution in [1.29, 1.82) is 0 Å². The van der Waals surface area contributed by atoms with Gasteiger partial charge in [-0.05, 0) is 53.5 Å². The predicted molar refractivity (Wildman–Crippen MR) is 83.8 cm³/mol. The molecule has 2 aliphatic rings. The lowest BCUT2D eigenvalue weighted by molar-refractivity contribution is 0.551. The molecule has 0 bridgehead atoms. The number of nitrogens with one attached hydrogen (secondary N) is 1. The average Bonchev–Trinajstić information content (AvgIpc) is 3.02. The Morgan fingerprint density at radius 2 is 1.80 bits per heavy atom. The van der Waals surface area contributed by atoms with Crippen molar-refractivity contribution < 1.29 is 0 Å². The second-order valence-electron chi connectivity index (χ2n) is 6.46. The van der Waals surface area contributed by atoms with Gasteiger partial charge in [-0.15, -0.1) is 0 Å². The second-order valence-corrected chi connectivity index (χ2v) is 6.46. The Balaban J connectivity index is 1.61. The van der Waals surface area contributed by atoms with Crippen LogP contribution in [0.3, 0.4) is 0 Å². The van der Waals surface area contributed by atoms with E-state index in [4.69, 9.17) is 0 Å². The van der Waals surface area contributed by atoms with Gasteiger partial charge in [0.15, 0.2) is 0 Å². The maximum atomic E-state index is 3.73. The first-order chi connectivity index (χ1) is 9.72. The van der Waals surface area contributed by atoms with Crippen molar-refractivity contribution in [3.8, 4) is 11.1 Å². The van der Waals surface area contributed by atoms with Gasteiger partial charge in [-0.1, -0.05) is 49.4 Å². The zero-order valence-corrected chi connectivity index (χ0v) is 12.2. The molecule has 0 saturated heterocycles. The number of hydrogen-bond donors (Lipinski definition) is 1. The van der Waals surface area contributed by atoms with E-state index in [9.17, 15) is 0 Å². The van der Waals surface area contributed by atoms with Crippen LogP contribution in [0.5, 0.6) is 0 Å². The molecule has 1 nitrogen and oxygen atoms in total. The summed E-state index contributed by atoms with van der Waals surface area (Å²) in [5, 5.41) is 3.73. The monoisotopic (exact) mass is 263 g/mol. The van der Waals surface area contributed by atoms with E-state index < -0.39 is 0 Å². The first-order valence-electron chi connectivity index (χ1n) is 7.69. The highest BCUT2D eigenvalue weighted by atomic mass is 15.0. The minimum Gasteiger partial charge on any atom is -0.307 e. The van der Waals surface area contributed by atoms with Crippen LogP contribution >= 0.6 is 0 Å². The Morgan fingerprint density at radius 1 is 1.05 bits per heavy atom. The molecule has 1 saturated carbocycles. The molecule has 4 rings (SSSR count). The molecule has 102 valence electrons. The Bertz CT molecular complexity index is 659. The third-order valence-electron chi connectivity index (χ3n) is 4.89. The van der Waals surface area contributed by atoms with Crippen LogP contribution in [0.2, 0.25) is 0 Å². The van der Waals surface area contributed by atoms with E-state index in [1.54, 1.807) is 0 Å². The molecule has 1 fully saturated rings. The molecule has 2 aliphatic carbocycles. The van der Waals surface area contributed by atoms with Crippen LogP contribution in [0, 0.1) is 5.92 Å². The van der Waals surface area contributed by atoms with Crippen LogP contribution in [0.25, 0.3) is 11.1 Å². The molecule has 2 aromatic rings. The van der Waals surface area contributed by atoms with Crippen molar-refractivity contribution in [1.82, 2.24) is 5.32 Å². The van der Waals surface area contributed by atoms with Crippen LogP contribution in [-0.2, 0) is 6.42 Å². The quantitative estimate of drug-likeness (QED) is 0.742. The Kier molecular flexibility index (Phi) is 2.71. The maximum Gasteiger partial charge on any atom is 0.0294 e. The fourth-order valence-corrected chi connectivity index (χ4v) is 3.41.